The third kappa shape index (κ3) is 4.00. The van der Waals surface area contributed by atoms with Crippen LogP contribution >= 0.6 is 0 Å². The zero-order valence-electron chi connectivity index (χ0n) is 9.01. The van der Waals surface area contributed by atoms with E-state index in [1.807, 2.05) is 6.07 Å². The van der Waals surface area contributed by atoms with E-state index in [-0.39, 0.29) is 5.82 Å². The normalized spacial score (nSPS) is 15.5. The van der Waals surface area contributed by atoms with Gasteiger partial charge in [-0.05, 0) is 49.5 Å². The van der Waals surface area contributed by atoms with Gasteiger partial charge in [-0.1, -0.05) is 25.0 Å². The van der Waals surface area contributed by atoms with Gasteiger partial charge in [-0.15, -0.1) is 0 Å². The van der Waals surface area contributed by atoms with Gasteiger partial charge in [0, 0.05) is 0 Å². The van der Waals surface area contributed by atoms with Crippen molar-refractivity contribution in [3.8, 4) is 0 Å². The lowest BCUT2D eigenvalue weighted by Gasteiger charge is -2.04. The predicted molar refractivity (Wildman–Crippen MR) is 60.3 cm³/mol. The predicted octanol–water partition coefficient (Wildman–Crippen LogP) is 2.76. The Labute approximate surface area is 90.7 Å². The van der Waals surface area contributed by atoms with Crippen LogP contribution in [-0.4, -0.2) is 13.1 Å². The summed E-state index contributed by atoms with van der Waals surface area (Å²) < 4.78 is 12.8. The van der Waals surface area contributed by atoms with Crippen molar-refractivity contribution in [3.05, 3.63) is 35.6 Å². The molecule has 1 fully saturated rings. The third-order valence-corrected chi connectivity index (χ3v) is 2.91. The lowest BCUT2D eigenvalue weighted by atomic mass is 10.1. The minimum Gasteiger partial charge on any atom is -0.316 e. The molecule has 82 valence electrons. The summed E-state index contributed by atoms with van der Waals surface area (Å²) >= 11 is 0. The maximum atomic E-state index is 12.8. The van der Waals surface area contributed by atoms with Crippen molar-refractivity contribution >= 4 is 0 Å². The number of benzene rings is 1. The molecule has 2 heteroatoms. The Morgan fingerprint density at radius 1 is 1.27 bits per heavy atom. The molecule has 1 aliphatic rings. The van der Waals surface area contributed by atoms with Gasteiger partial charge in [-0.2, -0.15) is 0 Å². The van der Waals surface area contributed by atoms with Crippen LogP contribution in [-0.2, 0) is 6.42 Å². The van der Waals surface area contributed by atoms with E-state index < -0.39 is 0 Å². The molecule has 1 saturated carbocycles. The van der Waals surface area contributed by atoms with Crippen molar-refractivity contribution in [2.75, 3.05) is 13.1 Å². The fraction of sp³-hybridized carbons (Fsp3) is 0.538. The molecule has 1 nitrogen and oxygen atoms in total. The van der Waals surface area contributed by atoms with E-state index in [4.69, 9.17) is 0 Å². The molecule has 0 radical (unpaired) electrons. The largest absolute Gasteiger partial charge is 0.316 e. The standard InChI is InChI=1S/C13H18FN/c14-13-3-1-2-12(10-13)7-9-15-8-6-11-4-5-11/h1-3,10-11,15H,4-9H2. The maximum absolute atomic E-state index is 12.8. The minimum absolute atomic E-state index is 0.134. The van der Waals surface area contributed by atoms with Gasteiger partial charge in [0.1, 0.15) is 5.82 Å². The van der Waals surface area contributed by atoms with Crippen molar-refractivity contribution in [1.82, 2.24) is 5.32 Å². The Hall–Kier alpha value is -0.890. The Kier molecular flexibility index (Phi) is 3.73. The highest BCUT2D eigenvalue weighted by atomic mass is 19.1. The highest BCUT2D eigenvalue weighted by Crippen LogP contribution is 2.31. The minimum atomic E-state index is -0.134. The number of halogens is 1. The molecular formula is C13H18FN. The van der Waals surface area contributed by atoms with Crippen molar-refractivity contribution in [2.45, 2.75) is 25.7 Å². The summed E-state index contributed by atoms with van der Waals surface area (Å²) in [6.45, 7) is 2.07. The molecule has 1 aliphatic carbocycles. The molecule has 1 aromatic rings. The van der Waals surface area contributed by atoms with Gasteiger partial charge < -0.3 is 5.32 Å². The number of rotatable bonds is 6. The molecule has 15 heavy (non-hydrogen) atoms. The first-order chi connectivity index (χ1) is 7.34. The molecule has 1 aromatic carbocycles. The Balaban J connectivity index is 1.60. The molecule has 0 atom stereocenters. The summed E-state index contributed by atoms with van der Waals surface area (Å²) in [7, 11) is 0. The van der Waals surface area contributed by atoms with Crippen LogP contribution in [0, 0.1) is 11.7 Å². The first-order valence-corrected chi connectivity index (χ1v) is 5.80. The zero-order chi connectivity index (χ0) is 10.5. The van der Waals surface area contributed by atoms with E-state index in [1.54, 1.807) is 12.1 Å². The second-order valence-electron chi connectivity index (χ2n) is 4.36. The highest BCUT2D eigenvalue weighted by molar-refractivity contribution is 5.16. The van der Waals surface area contributed by atoms with Crippen LogP contribution in [0.15, 0.2) is 24.3 Å². The van der Waals surface area contributed by atoms with Crippen molar-refractivity contribution in [1.29, 1.82) is 0 Å². The highest BCUT2D eigenvalue weighted by Gasteiger charge is 2.19. The lowest BCUT2D eigenvalue weighted by Crippen LogP contribution is -2.18. The van der Waals surface area contributed by atoms with E-state index in [1.165, 1.54) is 25.3 Å². The van der Waals surface area contributed by atoms with Crippen LogP contribution in [0.5, 0.6) is 0 Å². The number of hydrogen-bond acceptors (Lipinski definition) is 1. The molecule has 0 bridgehead atoms. The van der Waals surface area contributed by atoms with E-state index in [2.05, 4.69) is 5.32 Å². The summed E-state index contributed by atoms with van der Waals surface area (Å²) in [5.74, 6) is 0.858. The molecular weight excluding hydrogens is 189 g/mol. The Morgan fingerprint density at radius 2 is 2.13 bits per heavy atom. The van der Waals surface area contributed by atoms with Gasteiger partial charge in [-0.25, -0.2) is 4.39 Å². The monoisotopic (exact) mass is 207 g/mol. The van der Waals surface area contributed by atoms with E-state index in [9.17, 15) is 4.39 Å². The molecule has 0 saturated heterocycles. The number of hydrogen-bond donors (Lipinski definition) is 1. The van der Waals surface area contributed by atoms with Crippen LogP contribution in [0.25, 0.3) is 0 Å². The number of nitrogens with one attached hydrogen (secondary N) is 1. The fourth-order valence-electron chi connectivity index (χ4n) is 1.76. The van der Waals surface area contributed by atoms with Gasteiger partial charge >= 0.3 is 0 Å². The SMILES string of the molecule is Fc1cccc(CCNCCC2CC2)c1. The van der Waals surface area contributed by atoms with E-state index in [0.717, 1.165) is 31.0 Å². The average molecular weight is 207 g/mol. The quantitative estimate of drug-likeness (QED) is 0.707. The fourth-order valence-corrected chi connectivity index (χ4v) is 1.76. The topological polar surface area (TPSA) is 12.0 Å². The molecule has 2 rings (SSSR count). The van der Waals surface area contributed by atoms with E-state index >= 15 is 0 Å². The van der Waals surface area contributed by atoms with Crippen molar-refractivity contribution in [3.63, 3.8) is 0 Å². The zero-order valence-corrected chi connectivity index (χ0v) is 9.01. The van der Waals surface area contributed by atoms with Crippen LogP contribution in [0.3, 0.4) is 0 Å². The van der Waals surface area contributed by atoms with Gasteiger partial charge in [-0.3, -0.25) is 0 Å². The average Bonchev–Trinajstić information content (AvgIpc) is 3.01. The first kappa shape index (κ1) is 10.6. The summed E-state index contributed by atoms with van der Waals surface area (Å²) in [5, 5.41) is 3.40. The summed E-state index contributed by atoms with van der Waals surface area (Å²) in [6, 6.07) is 6.85. The molecule has 1 N–H and O–H groups in total. The lowest BCUT2D eigenvalue weighted by molar-refractivity contribution is 0.607. The van der Waals surface area contributed by atoms with Gasteiger partial charge in [0.15, 0.2) is 0 Å². The molecule has 0 aliphatic heterocycles. The van der Waals surface area contributed by atoms with Crippen LogP contribution in [0.2, 0.25) is 0 Å². The first-order valence-electron chi connectivity index (χ1n) is 5.80. The van der Waals surface area contributed by atoms with Crippen LogP contribution in [0.4, 0.5) is 4.39 Å². The van der Waals surface area contributed by atoms with Crippen molar-refractivity contribution < 1.29 is 4.39 Å². The Bertz CT molecular complexity index is 307. The van der Waals surface area contributed by atoms with Crippen LogP contribution < -0.4 is 5.32 Å². The van der Waals surface area contributed by atoms with Gasteiger partial charge in [0.25, 0.3) is 0 Å². The van der Waals surface area contributed by atoms with Gasteiger partial charge in [0.2, 0.25) is 0 Å². The summed E-state index contributed by atoms with van der Waals surface area (Å²) in [4.78, 5) is 0. The second kappa shape index (κ2) is 5.26. The summed E-state index contributed by atoms with van der Waals surface area (Å²) in [5.41, 5.74) is 1.08. The van der Waals surface area contributed by atoms with Gasteiger partial charge in [0.05, 0.1) is 0 Å². The Morgan fingerprint density at radius 3 is 2.87 bits per heavy atom. The molecule has 0 aromatic heterocycles. The second-order valence-corrected chi connectivity index (χ2v) is 4.36. The maximum Gasteiger partial charge on any atom is 0.123 e. The van der Waals surface area contributed by atoms with Crippen LogP contribution in [0.1, 0.15) is 24.8 Å². The van der Waals surface area contributed by atoms with Crippen molar-refractivity contribution in [2.24, 2.45) is 5.92 Å². The molecule has 0 heterocycles. The molecule has 0 amide bonds. The molecule has 0 unspecified atom stereocenters. The smallest absolute Gasteiger partial charge is 0.123 e. The van der Waals surface area contributed by atoms with E-state index in [0.29, 0.717) is 0 Å². The third-order valence-electron chi connectivity index (χ3n) is 2.91. The molecule has 0 spiro atoms. The summed E-state index contributed by atoms with van der Waals surface area (Å²) in [6.07, 6.45) is 5.07.